The summed E-state index contributed by atoms with van der Waals surface area (Å²) in [5, 5.41) is 0. The normalized spacial score (nSPS) is 13.8. The van der Waals surface area contributed by atoms with Crippen LogP contribution >= 0.6 is 0 Å². The van der Waals surface area contributed by atoms with Crippen molar-refractivity contribution in [1.29, 1.82) is 0 Å². The minimum atomic E-state index is -0.530. The molecular formula is C14H24O2. The van der Waals surface area contributed by atoms with Crippen molar-refractivity contribution in [3.8, 4) is 0 Å². The van der Waals surface area contributed by atoms with Crippen molar-refractivity contribution in [2.24, 2.45) is 0 Å². The third kappa shape index (κ3) is 6.44. The van der Waals surface area contributed by atoms with Crippen LogP contribution in [0.1, 0.15) is 53.4 Å². The van der Waals surface area contributed by atoms with Gasteiger partial charge in [0.25, 0.3) is 0 Å². The topological polar surface area (TPSA) is 26.3 Å². The van der Waals surface area contributed by atoms with Crippen LogP contribution in [0.3, 0.4) is 0 Å². The van der Waals surface area contributed by atoms with Crippen LogP contribution in [0, 0.1) is 0 Å². The molecule has 0 N–H and O–H groups in total. The van der Waals surface area contributed by atoms with E-state index in [9.17, 15) is 4.79 Å². The second kappa shape index (κ2) is 7.26. The molecule has 0 aromatic carbocycles. The summed E-state index contributed by atoms with van der Waals surface area (Å²) in [4.78, 5) is 11.4. The summed E-state index contributed by atoms with van der Waals surface area (Å²) in [5.74, 6) is -0.137. The van der Waals surface area contributed by atoms with E-state index in [-0.39, 0.29) is 5.97 Å². The Morgan fingerprint density at radius 1 is 1.44 bits per heavy atom. The van der Waals surface area contributed by atoms with Gasteiger partial charge in [-0.3, -0.25) is 4.79 Å². The van der Waals surface area contributed by atoms with Crippen molar-refractivity contribution >= 4 is 5.97 Å². The van der Waals surface area contributed by atoms with Gasteiger partial charge in [-0.05, 0) is 46.1 Å². The Morgan fingerprint density at radius 3 is 2.50 bits per heavy atom. The van der Waals surface area contributed by atoms with Crippen molar-refractivity contribution in [3.63, 3.8) is 0 Å². The van der Waals surface area contributed by atoms with Crippen LogP contribution in [0.25, 0.3) is 0 Å². The fourth-order valence-corrected chi connectivity index (χ4v) is 1.36. The van der Waals surface area contributed by atoms with Gasteiger partial charge in [0.05, 0.1) is 0 Å². The Kier molecular flexibility index (Phi) is 6.78. The van der Waals surface area contributed by atoms with Gasteiger partial charge < -0.3 is 4.74 Å². The lowest BCUT2D eigenvalue weighted by Crippen LogP contribution is -2.29. The fourth-order valence-electron chi connectivity index (χ4n) is 1.36. The molecule has 0 saturated carbocycles. The molecule has 16 heavy (non-hydrogen) atoms. The predicted molar refractivity (Wildman–Crippen MR) is 68.3 cm³/mol. The van der Waals surface area contributed by atoms with E-state index < -0.39 is 5.60 Å². The van der Waals surface area contributed by atoms with Gasteiger partial charge in [-0.15, -0.1) is 0 Å². The molecule has 0 aliphatic carbocycles. The maximum Gasteiger partial charge on any atom is 0.306 e. The Morgan fingerprint density at radius 2 is 2.06 bits per heavy atom. The minimum Gasteiger partial charge on any atom is -0.455 e. The Bertz CT molecular complexity index is 262. The molecule has 0 rings (SSSR count). The lowest BCUT2D eigenvalue weighted by Gasteiger charge is -2.25. The largest absolute Gasteiger partial charge is 0.455 e. The van der Waals surface area contributed by atoms with Gasteiger partial charge >= 0.3 is 5.97 Å². The van der Waals surface area contributed by atoms with Gasteiger partial charge in [0.15, 0.2) is 0 Å². The fraction of sp³-hybridized carbons (Fsp3) is 0.643. The molecule has 0 aliphatic rings. The van der Waals surface area contributed by atoms with Crippen molar-refractivity contribution in [3.05, 3.63) is 24.3 Å². The number of hydrogen-bond donors (Lipinski definition) is 0. The first-order chi connectivity index (χ1) is 7.43. The van der Waals surface area contributed by atoms with E-state index >= 15 is 0 Å². The van der Waals surface area contributed by atoms with E-state index in [2.05, 4.69) is 26.5 Å². The Labute approximate surface area is 99.4 Å². The summed E-state index contributed by atoms with van der Waals surface area (Å²) >= 11 is 0. The summed E-state index contributed by atoms with van der Waals surface area (Å²) in [6, 6.07) is 0. The number of hydrogen-bond acceptors (Lipinski definition) is 2. The third-order valence-corrected chi connectivity index (χ3v) is 2.43. The molecule has 0 radical (unpaired) electrons. The first-order valence-electron chi connectivity index (χ1n) is 5.92. The third-order valence-electron chi connectivity index (χ3n) is 2.43. The standard InChI is InChI=1S/C14H24O2/c1-6-9-13(15)16-14(5,7-2)11-8-10-12(3)4/h7,10H,2,6,8-9,11H2,1,3-5H3/t14-/m1/s1. The monoisotopic (exact) mass is 224 g/mol. The van der Waals surface area contributed by atoms with E-state index in [1.54, 1.807) is 6.08 Å². The second-order valence-corrected chi connectivity index (χ2v) is 4.56. The highest BCUT2D eigenvalue weighted by Crippen LogP contribution is 2.20. The smallest absolute Gasteiger partial charge is 0.306 e. The van der Waals surface area contributed by atoms with Gasteiger partial charge in [-0.1, -0.05) is 25.2 Å². The average molecular weight is 224 g/mol. The van der Waals surface area contributed by atoms with Gasteiger partial charge in [0, 0.05) is 6.42 Å². The maximum atomic E-state index is 11.4. The van der Waals surface area contributed by atoms with E-state index in [0.29, 0.717) is 6.42 Å². The van der Waals surface area contributed by atoms with Gasteiger partial charge in [0.1, 0.15) is 5.60 Å². The predicted octanol–water partition coefficient (Wildman–Crippen LogP) is 4.02. The molecule has 0 bridgehead atoms. The van der Waals surface area contributed by atoms with Crippen molar-refractivity contribution < 1.29 is 9.53 Å². The Hall–Kier alpha value is -1.05. The molecule has 0 saturated heterocycles. The number of allylic oxidation sites excluding steroid dienone is 2. The van der Waals surface area contributed by atoms with E-state index in [4.69, 9.17) is 4.74 Å². The summed E-state index contributed by atoms with van der Waals surface area (Å²) in [5.41, 5.74) is 0.754. The van der Waals surface area contributed by atoms with Crippen molar-refractivity contribution in [2.75, 3.05) is 0 Å². The summed E-state index contributed by atoms with van der Waals surface area (Å²) in [6.07, 6.45) is 6.86. The van der Waals surface area contributed by atoms with Gasteiger partial charge in [-0.25, -0.2) is 0 Å². The number of esters is 1. The molecule has 2 nitrogen and oxygen atoms in total. The summed E-state index contributed by atoms with van der Waals surface area (Å²) in [6.45, 7) is 11.8. The molecular weight excluding hydrogens is 200 g/mol. The molecule has 0 spiro atoms. The Balaban J connectivity index is 4.25. The molecule has 0 aromatic rings. The first-order valence-corrected chi connectivity index (χ1v) is 5.92. The highest BCUT2D eigenvalue weighted by molar-refractivity contribution is 5.70. The summed E-state index contributed by atoms with van der Waals surface area (Å²) < 4.78 is 5.42. The highest BCUT2D eigenvalue weighted by Gasteiger charge is 2.23. The van der Waals surface area contributed by atoms with Gasteiger partial charge in [0.2, 0.25) is 0 Å². The molecule has 0 unspecified atom stereocenters. The minimum absolute atomic E-state index is 0.137. The van der Waals surface area contributed by atoms with E-state index in [1.165, 1.54) is 5.57 Å². The van der Waals surface area contributed by atoms with Crippen LogP contribution in [-0.4, -0.2) is 11.6 Å². The first kappa shape index (κ1) is 14.9. The van der Waals surface area contributed by atoms with Crippen molar-refractivity contribution in [1.82, 2.24) is 0 Å². The van der Waals surface area contributed by atoms with Crippen LogP contribution in [-0.2, 0) is 9.53 Å². The van der Waals surface area contributed by atoms with Crippen LogP contribution in [0.2, 0.25) is 0 Å². The second-order valence-electron chi connectivity index (χ2n) is 4.56. The van der Waals surface area contributed by atoms with Crippen LogP contribution in [0.5, 0.6) is 0 Å². The quantitative estimate of drug-likeness (QED) is 0.482. The van der Waals surface area contributed by atoms with Crippen LogP contribution in [0.4, 0.5) is 0 Å². The van der Waals surface area contributed by atoms with E-state index in [1.807, 2.05) is 13.8 Å². The van der Waals surface area contributed by atoms with Crippen LogP contribution < -0.4 is 0 Å². The lowest BCUT2D eigenvalue weighted by molar-refractivity contribution is -0.154. The number of carbonyl (C=O) groups is 1. The molecule has 0 aromatic heterocycles. The lowest BCUT2D eigenvalue weighted by atomic mass is 9.99. The average Bonchev–Trinajstić information content (AvgIpc) is 2.17. The van der Waals surface area contributed by atoms with Gasteiger partial charge in [-0.2, -0.15) is 0 Å². The summed E-state index contributed by atoms with van der Waals surface area (Å²) in [7, 11) is 0. The maximum absolute atomic E-state index is 11.4. The van der Waals surface area contributed by atoms with Crippen LogP contribution in [0.15, 0.2) is 24.3 Å². The SMILES string of the molecule is C=C[C@](C)(CCC=C(C)C)OC(=O)CCC. The number of rotatable bonds is 7. The van der Waals surface area contributed by atoms with E-state index in [0.717, 1.165) is 19.3 Å². The molecule has 0 amide bonds. The number of carbonyl (C=O) groups excluding carboxylic acids is 1. The number of ether oxygens (including phenoxy) is 1. The zero-order valence-electron chi connectivity index (χ0n) is 11.0. The van der Waals surface area contributed by atoms with Crippen molar-refractivity contribution in [2.45, 2.75) is 59.0 Å². The molecule has 0 aliphatic heterocycles. The molecule has 1 atom stereocenters. The molecule has 0 heterocycles. The zero-order chi connectivity index (χ0) is 12.6. The zero-order valence-corrected chi connectivity index (χ0v) is 11.0. The highest BCUT2D eigenvalue weighted by atomic mass is 16.6. The molecule has 92 valence electrons. The molecule has 0 fully saturated rings. The molecule has 2 heteroatoms.